The molecular formula is C19H19N3O2. The van der Waals surface area contributed by atoms with Crippen molar-refractivity contribution < 1.29 is 9.21 Å². The third-order valence-electron chi connectivity index (χ3n) is 3.81. The van der Waals surface area contributed by atoms with Crippen molar-refractivity contribution in [1.29, 1.82) is 0 Å². The SMILES string of the molecule is Cc1ccc(NC(=O)c2cncc(NCc3ccco3)c2)cc1C. The van der Waals surface area contributed by atoms with E-state index < -0.39 is 0 Å². The van der Waals surface area contributed by atoms with Crippen LogP contribution in [0.2, 0.25) is 0 Å². The maximum Gasteiger partial charge on any atom is 0.257 e. The summed E-state index contributed by atoms with van der Waals surface area (Å²) < 4.78 is 5.27. The number of nitrogens with zero attached hydrogens (tertiary/aromatic N) is 1. The smallest absolute Gasteiger partial charge is 0.257 e. The highest BCUT2D eigenvalue weighted by molar-refractivity contribution is 6.04. The molecule has 0 unspecified atom stereocenters. The first-order chi connectivity index (χ1) is 11.6. The molecular weight excluding hydrogens is 302 g/mol. The van der Waals surface area contributed by atoms with E-state index in [1.165, 1.54) is 5.56 Å². The van der Waals surface area contributed by atoms with E-state index in [1.807, 2.05) is 44.2 Å². The monoisotopic (exact) mass is 321 g/mol. The lowest BCUT2D eigenvalue weighted by Crippen LogP contribution is -2.13. The van der Waals surface area contributed by atoms with Gasteiger partial charge in [-0.05, 0) is 55.3 Å². The van der Waals surface area contributed by atoms with Crippen LogP contribution in [0.1, 0.15) is 27.2 Å². The average molecular weight is 321 g/mol. The van der Waals surface area contributed by atoms with Crippen LogP contribution >= 0.6 is 0 Å². The van der Waals surface area contributed by atoms with E-state index >= 15 is 0 Å². The van der Waals surface area contributed by atoms with Gasteiger partial charge in [0, 0.05) is 18.1 Å². The fraction of sp³-hybridized carbons (Fsp3) is 0.158. The minimum Gasteiger partial charge on any atom is -0.467 e. The lowest BCUT2D eigenvalue weighted by Gasteiger charge is -2.09. The van der Waals surface area contributed by atoms with Crippen LogP contribution in [0.25, 0.3) is 0 Å². The van der Waals surface area contributed by atoms with Gasteiger partial charge in [0.15, 0.2) is 0 Å². The van der Waals surface area contributed by atoms with E-state index in [0.29, 0.717) is 12.1 Å². The van der Waals surface area contributed by atoms with Crippen LogP contribution in [0.4, 0.5) is 11.4 Å². The Hall–Kier alpha value is -3.08. The van der Waals surface area contributed by atoms with Crippen molar-refractivity contribution in [2.75, 3.05) is 10.6 Å². The summed E-state index contributed by atoms with van der Waals surface area (Å²) in [6.07, 6.45) is 4.85. The van der Waals surface area contributed by atoms with Crippen molar-refractivity contribution in [3.8, 4) is 0 Å². The molecule has 2 heterocycles. The molecule has 5 nitrogen and oxygen atoms in total. The van der Waals surface area contributed by atoms with Gasteiger partial charge in [-0.25, -0.2) is 0 Å². The molecule has 3 rings (SSSR count). The summed E-state index contributed by atoms with van der Waals surface area (Å²) in [5.74, 6) is 0.632. The molecule has 5 heteroatoms. The van der Waals surface area contributed by atoms with Crippen LogP contribution in [0.3, 0.4) is 0 Å². The first-order valence-electron chi connectivity index (χ1n) is 7.72. The highest BCUT2D eigenvalue weighted by Crippen LogP contribution is 2.16. The number of amides is 1. The Bertz CT molecular complexity index is 842. The fourth-order valence-electron chi connectivity index (χ4n) is 2.29. The lowest BCUT2D eigenvalue weighted by molar-refractivity contribution is 0.102. The van der Waals surface area contributed by atoms with Crippen molar-refractivity contribution in [1.82, 2.24) is 4.98 Å². The van der Waals surface area contributed by atoms with E-state index in [4.69, 9.17) is 4.42 Å². The van der Waals surface area contributed by atoms with Crippen molar-refractivity contribution in [3.63, 3.8) is 0 Å². The van der Waals surface area contributed by atoms with Gasteiger partial charge in [-0.15, -0.1) is 0 Å². The Morgan fingerprint density at radius 1 is 1.08 bits per heavy atom. The Morgan fingerprint density at radius 3 is 2.71 bits per heavy atom. The molecule has 0 bridgehead atoms. The fourth-order valence-corrected chi connectivity index (χ4v) is 2.29. The highest BCUT2D eigenvalue weighted by atomic mass is 16.3. The van der Waals surface area contributed by atoms with E-state index in [9.17, 15) is 4.79 Å². The molecule has 0 aliphatic heterocycles. The van der Waals surface area contributed by atoms with Gasteiger partial charge in [-0.2, -0.15) is 0 Å². The number of benzene rings is 1. The van der Waals surface area contributed by atoms with E-state index in [2.05, 4.69) is 15.6 Å². The summed E-state index contributed by atoms with van der Waals surface area (Å²) in [6.45, 7) is 4.60. The molecule has 1 aromatic carbocycles. The average Bonchev–Trinajstić information content (AvgIpc) is 3.10. The molecule has 122 valence electrons. The summed E-state index contributed by atoms with van der Waals surface area (Å²) in [5, 5.41) is 6.08. The molecule has 0 spiro atoms. The van der Waals surface area contributed by atoms with E-state index in [0.717, 1.165) is 22.7 Å². The van der Waals surface area contributed by atoms with Gasteiger partial charge in [0.2, 0.25) is 0 Å². The maximum atomic E-state index is 12.4. The molecule has 2 N–H and O–H groups in total. The third kappa shape index (κ3) is 3.81. The Labute approximate surface area is 140 Å². The summed E-state index contributed by atoms with van der Waals surface area (Å²) in [5.41, 5.74) is 4.37. The first-order valence-corrected chi connectivity index (χ1v) is 7.72. The zero-order valence-electron chi connectivity index (χ0n) is 13.7. The molecule has 0 radical (unpaired) electrons. The van der Waals surface area contributed by atoms with Crippen molar-refractivity contribution in [3.05, 3.63) is 77.5 Å². The lowest BCUT2D eigenvalue weighted by atomic mass is 10.1. The molecule has 0 aliphatic carbocycles. The van der Waals surface area contributed by atoms with Crippen LogP contribution in [0.5, 0.6) is 0 Å². The number of furan rings is 1. The number of rotatable bonds is 5. The summed E-state index contributed by atoms with van der Waals surface area (Å²) >= 11 is 0. The maximum absolute atomic E-state index is 12.4. The van der Waals surface area contributed by atoms with Crippen LogP contribution in [-0.2, 0) is 6.54 Å². The molecule has 0 aliphatic rings. The standard InChI is InChI=1S/C19H19N3O2/c1-13-5-6-16(8-14(13)2)22-19(23)15-9-17(11-20-10-15)21-12-18-4-3-7-24-18/h3-11,21H,12H2,1-2H3,(H,22,23). The number of anilines is 2. The molecule has 0 atom stereocenters. The molecule has 24 heavy (non-hydrogen) atoms. The summed E-state index contributed by atoms with van der Waals surface area (Å²) in [7, 11) is 0. The van der Waals surface area contributed by atoms with Crippen LogP contribution in [-0.4, -0.2) is 10.9 Å². The quantitative estimate of drug-likeness (QED) is 0.740. The van der Waals surface area contributed by atoms with Crippen LogP contribution < -0.4 is 10.6 Å². The second kappa shape index (κ2) is 7.00. The highest BCUT2D eigenvalue weighted by Gasteiger charge is 2.08. The zero-order valence-corrected chi connectivity index (χ0v) is 13.7. The molecule has 2 aromatic heterocycles. The minimum atomic E-state index is -0.188. The van der Waals surface area contributed by atoms with Gasteiger partial charge in [-0.3, -0.25) is 9.78 Å². The second-order valence-corrected chi connectivity index (χ2v) is 5.65. The number of aromatic nitrogens is 1. The second-order valence-electron chi connectivity index (χ2n) is 5.65. The Balaban J connectivity index is 1.68. The summed E-state index contributed by atoms with van der Waals surface area (Å²) in [4.78, 5) is 16.5. The number of nitrogens with one attached hydrogen (secondary N) is 2. The molecule has 1 amide bonds. The summed E-state index contributed by atoms with van der Waals surface area (Å²) in [6, 6.07) is 11.3. The largest absolute Gasteiger partial charge is 0.467 e. The van der Waals surface area contributed by atoms with Gasteiger partial charge in [0.05, 0.1) is 24.1 Å². The van der Waals surface area contributed by atoms with Crippen LogP contribution in [0, 0.1) is 13.8 Å². The van der Waals surface area contributed by atoms with Crippen LogP contribution in [0.15, 0.2) is 59.5 Å². The third-order valence-corrected chi connectivity index (χ3v) is 3.81. The van der Waals surface area contributed by atoms with E-state index in [-0.39, 0.29) is 5.91 Å². The van der Waals surface area contributed by atoms with Crippen molar-refractivity contribution in [2.24, 2.45) is 0 Å². The number of pyridine rings is 1. The number of hydrogen-bond donors (Lipinski definition) is 2. The van der Waals surface area contributed by atoms with Gasteiger partial charge in [-0.1, -0.05) is 6.07 Å². The predicted molar refractivity (Wildman–Crippen MR) is 94.1 cm³/mol. The van der Waals surface area contributed by atoms with Gasteiger partial charge in [0.1, 0.15) is 5.76 Å². The number of hydrogen-bond acceptors (Lipinski definition) is 4. The topological polar surface area (TPSA) is 67.2 Å². The number of carbonyl (C=O) groups excluding carboxylic acids is 1. The van der Waals surface area contributed by atoms with Crippen molar-refractivity contribution in [2.45, 2.75) is 20.4 Å². The minimum absolute atomic E-state index is 0.188. The van der Waals surface area contributed by atoms with Crippen molar-refractivity contribution >= 4 is 17.3 Å². The molecule has 0 saturated carbocycles. The zero-order chi connectivity index (χ0) is 16.9. The van der Waals surface area contributed by atoms with Gasteiger partial charge < -0.3 is 15.1 Å². The normalized spacial score (nSPS) is 10.4. The first kappa shape index (κ1) is 15.8. The Morgan fingerprint density at radius 2 is 1.96 bits per heavy atom. The van der Waals surface area contributed by atoms with Gasteiger partial charge >= 0.3 is 0 Å². The molecule has 0 fully saturated rings. The molecule has 3 aromatic rings. The van der Waals surface area contributed by atoms with Gasteiger partial charge in [0.25, 0.3) is 5.91 Å². The number of carbonyl (C=O) groups is 1. The molecule has 0 saturated heterocycles. The number of aryl methyl sites for hydroxylation is 2. The van der Waals surface area contributed by atoms with E-state index in [1.54, 1.807) is 24.7 Å². The Kier molecular flexibility index (Phi) is 4.61. The predicted octanol–water partition coefficient (Wildman–Crippen LogP) is 4.16.